The second kappa shape index (κ2) is 8.29. The molecular formula is C18H20FNO3. The van der Waals surface area contributed by atoms with Gasteiger partial charge in [0.1, 0.15) is 11.6 Å². The summed E-state index contributed by atoms with van der Waals surface area (Å²) < 4.78 is 18.4. The predicted molar refractivity (Wildman–Crippen MR) is 85.6 cm³/mol. The minimum atomic E-state index is -0.642. The number of hydrogen-bond donors (Lipinski definition) is 2. The lowest BCUT2D eigenvalue weighted by Crippen LogP contribution is -2.37. The van der Waals surface area contributed by atoms with Crippen molar-refractivity contribution in [1.29, 1.82) is 0 Å². The van der Waals surface area contributed by atoms with Gasteiger partial charge in [0.2, 0.25) is 0 Å². The van der Waals surface area contributed by atoms with Gasteiger partial charge in [0.25, 0.3) is 5.91 Å². The van der Waals surface area contributed by atoms with Crippen LogP contribution in [-0.2, 0) is 17.8 Å². The molecule has 0 bridgehead atoms. The first-order chi connectivity index (χ1) is 11.1. The van der Waals surface area contributed by atoms with Crippen molar-refractivity contribution in [2.45, 2.75) is 26.1 Å². The lowest BCUT2D eigenvalue weighted by Gasteiger charge is -2.15. The summed E-state index contributed by atoms with van der Waals surface area (Å²) in [4.78, 5) is 12.0. The first-order valence-corrected chi connectivity index (χ1v) is 7.47. The van der Waals surface area contributed by atoms with Crippen molar-refractivity contribution in [1.82, 2.24) is 5.32 Å². The van der Waals surface area contributed by atoms with Crippen LogP contribution in [0.25, 0.3) is 0 Å². The molecule has 0 fully saturated rings. The fraction of sp³-hybridized carbons (Fsp3) is 0.278. The SMILES string of the molecule is CC(Oc1cccc(CO)c1)C(=O)NCCc1ccc(F)cc1. The van der Waals surface area contributed by atoms with Gasteiger partial charge >= 0.3 is 0 Å². The second-order valence-electron chi connectivity index (χ2n) is 5.23. The number of benzene rings is 2. The number of nitrogens with one attached hydrogen (secondary N) is 1. The van der Waals surface area contributed by atoms with E-state index in [0.717, 1.165) is 11.1 Å². The number of ether oxygens (including phenoxy) is 1. The molecule has 2 aromatic carbocycles. The summed E-state index contributed by atoms with van der Waals surface area (Å²) in [6.07, 6.45) is -0.0178. The average Bonchev–Trinajstić information content (AvgIpc) is 2.56. The van der Waals surface area contributed by atoms with Crippen molar-refractivity contribution in [2.75, 3.05) is 6.54 Å². The third-order valence-electron chi connectivity index (χ3n) is 3.39. The highest BCUT2D eigenvalue weighted by Gasteiger charge is 2.14. The maximum atomic E-state index is 12.8. The highest BCUT2D eigenvalue weighted by Crippen LogP contribution is 2.15. The van der Waals surface area contributed by atoms with Gasteiger partial charge in [-0.05, 0) is 48.7 Å². The van der Waals surface area contributed by atoms with Crippen LogP contribution < -0.4 is 10.1 Å². The van der Waals surface area contributed by atoms with Crippen molar-refractivity contribution in [3.05, 3.63) is 65.5 Å². The lowest BCUT2D eigenvalue weighted by molar-refractivity contribution is -0.127. The van der Waals surface area contributed by atoms with Crippen LogP contribution in [0, 0.1) is 5.82 Å². The Morgan fingerprint density at radius 2 is 1.96 bits per heavy atom. The number of hydrogen-bond acceptors (Lipinski definition) is 3. The van der Waals surface area contributed by atoms with Crippen molar-refractivity contribution in [3.8, 4) is 5.75 Å². The molecular weight excluding hydrogens is 297 g/mol. The molecule has 0 saturated heterocycles. The topological polar surface area (TPSA) is 58.6 Å². The van der Waals surface area contributed by atoms with Gasteiger partial charge in [0, 0.05) is 6.54 Å². The summed E-state index contributed by atoms with van der Waals surface area (Å²) in [5.41, 5.74) is 1.68. The zero-order chi connectivity index (χ0) is 16.7. The molecule has 0 aliphatic heterocycles. The monoisotopic (exact) mass is 317 g/mol. The first kappa shape index (κ1) is 17.0. The number of amides is 1. The van der Waals surface area contributed by atoms with Crippen LogP contribution in [0.5, 0.6) is 5.75 Å². The molecule has 0 spiro atoms. The van der Waals surface area contributed by atoms with Crippen molar-refractivity contribution >= 4 is 5.91 Å². The Kier molecular flexibility index (Phi) is 6.11. The van der Waals surface area contributed by atoms with Gasteiger partial charge in [0.05, 0.1) is 6.61 Å². The van der Waals surface area contributed by atoms with Gasteiger partial charge in [-0.15, -0.1) is 0 Å². The minimum Gasteiger partial charge on any atom is -0.481 e. The number of aliphatic hydroxyl groups is 1. The highest BCUT2D eigenvalue weighted by atomic mass is 19.1. The van der Waals surface area contributed by atoms with E-state index in [2.05, 4.69) is 5.32 Å². The second-order valence-corrected chi connectivity index (χ2v) is 5.23. The molecule has 5 heteroatoms. The Labute approximate surface area is 134 Å². The Bertz CT molecular complexity index is 643. The van der Waals surface area contributed by atoms with E-state index in [1.807, 2.05) is 0 Å². The molecule has 1 atom stereocenters. The Balaban J connectivity index is 1.79. The van der Waals surface area contributed by atoms with E-state index in [9.17, 15) is 9.18 Å². The summed E-state index contributed by atoms with van der Waals surface area (Å²) in [6.45, 7) is 2.04. The summed E-state index contributed by atoms with van der Waals surface area (Å²) in [5.74, 6) is 0.0455. The lowest BCUT2D eigenvalue weighted by atomic mass is 10.1. The molecule has 0 aromatic heterocycles. The van der Waals surface area contributed by atoms with Gasteiger partial charge in [0.15, 0.2) is 6.10 Å². The minimum absolute atomic E-state index is 0.0740. The molecule has 23 heavy (non-hydrogen) atoms. The number of carbonyl (C=O) groups is 1. The quantitative estimate of drug-likeness (QED) is 0.825. The molecule has 122 valence electrons. The van der Waals surface area contributed by atoms with Crippen LogP contribution in [0.3, 0.4) is 0 Å². The van der Waals surface area contributed by atoms with Crippen LogP contribution in [0.2, 0.25) is 0 Å². The smallest absolute Gasteiger partial charge is 0.260 e. The van der Waals surface area contributed by atoms with Crippen LogP contribution in [0.1, 0.15) is 18.1 Å². The van der Waals surface area contributed by atoms with E-state index in [-0.39, 0.29) is 18.3 Å². The molecule has 1 amide bonds. The average molecular weight is 317 g/mol. The number of rotatable bonds is 7. The summed E-state index contributed by atoms with van der Waals surface area (Å²) >= 11 is 0. The van der Waals surface area contributed by atoms with E-state index >= 15 is 0 Å². The largest absolute Gasteiger partial charge is 0.481 e. The standard InChI is InChI=1S/C18H20FNO3/c1-13(23-17-4-2-3-15(11-17)12-21)18(22)20-10-9-14-5-7-16(19)8-6-14/h2-8,11,13,21H,9-10,12H2,1H3,(H,20,22). The van der Waals surface area contributed by atoms with E-state index in [0.29, 0.717) is 18.7 Å². The molecule has 1 unspecified atom stereocenters. The third kappa shape index (κ3) is 5.38. The van der Waals surface area contributed by atoms with Crippen LogP contribution >= 0.6 is 0 Å². The normalized spacial score (nSPS) is 11.8. The van der Waals surface area contributed by atoms with Crippen LogP contribution in [0.4, 0.5) is 4.39 Å². The zero-order valence-corrected chi connectivity index (χ0v) is 13.0. The Morgan fingerprint density at radius 3 is 2.65 bits per heavy atom. The first-order valence-electron chi connectivity index (χ1n) is 7.47. The zero-order valence-electron chi connectivity index (χ0n) is 13.0. The van der Waals surface area contributed by atoms with E-state index in [1.165, 1.54) is 12.1 Å². The molecule has 2 N–H and O–H groups in total. The molecule has 2 rings (SSSR count). The molecule has 2 aromatic rings. The van der Waals surface area contributed by atoms with Gasteiger partial charge in [-0.1, -0.05) is 24.3 Å². The van der Waals surface area contributed by atoms with E-state index in [1.54, 1.807) is 43.3 Å². The highest BCUT2D eigenvalue weighted by molar-refractivity contribution is 5.80. The van der Waals surface area contributed by atoms with Crippen LogP contribution in [0.15, 0.2) is 48.5 Å². The Morgan fingerprint density at radius 1 is 1.22 bits per heavy atom. The van der Waals surface area contributed by atoms with Gasteiger partial charge in [-0.3, -0.25) is 4.79 Å². The fourth-order valence-electron chi connectivity index (χ4n) is 2.10. The van der Waals surface area contributed by atoms with Crippen molar-refractivity contribution < 1.29 is 19.0 Å². The molecule has 0 aliphatic rings. The summed E-state index contributed by atoms with van der Waals surface area (Å²) in [6, 6.07) is 13.2. The molecule has 4 nitrogen and oxygen atoms in total. The number of halogens is 1. The third-order valence-corrected chi connectivity index (χ3v) is 3.39. The number of aliphatic hydroxyl groups excluding tert-OH is 1. The predicted octanol–water partition coefficient (Wildman–Crippen LogP) is 2.44. The summed E-state index contributed by atoms with van der Waals surface area (Å²) in [5, 5.41) is 11.9. The van der Waals surface area contributed by atoms with Crippen LogP contribution in [-0.4, -0.2) is 23.7 Å². The Hall–Kier alpha value is -2.40. The van der Waals surface area contributed by atoms with Crippen molar-refractivity contribution in [2.24, 2.45) is 0 Å². The van der Waals surface area contributed by atoms with Gasteiger partial charge in [-0.2, -0.15) is 0 Å². The molecule has 0 radical (unpaired) electrons. The maximum absolute atomic E-state index is 12.8. The van der Waals surface area contributed by atoms with Gasteiger partial charge < -0.3 is 15.2 Å². The maximum Gasteiger partial charge on any atom is 0.260 e. The summed E-state index contributed by atoms with van der Waals surface area (Å²) in [7, 11) is 0. The number of carbonyl (C=O) groups excluding carboxylic acids is 1. The fourth-order valence-corrected chi connectivity index (χ4v) is 2.10. The van der Waals surface area contributed by atoms with Crippen molar-refractivity contribution in [3.63, 3.8) is 0 Å². The molecule has 0 saturated carbocycles. The van der Waals surface area contributed by atoms with Gasteiger partial charge in [-0.25, -0.2) is 4.39 Å². The molecule has 0 heterocycles. The van der Waals surface area contributed by atoms with E-state index in [4.69, 9.17) is 9.84 Å². The van der Waals surface area contributed by atoms with E-state index < -0.39 is 6.10 Å². The molecule has 0 aliphatic carbocycles.